The van der Waals surface area contributed by atoms with Gasteiger partial charge in [-0.05, 0) is 30.3 Å². The van der Waals surface area contributed by atoms with Gasteiger partial charge in [0.1, 0.15) is 11.3 Å². The van der Waals surface area contributed by atoms with Crippen LogP contribution in [0.25, 0.3) is 16.8 Å². The van der Waals surface area contributed by atoms with Gasteiger partial charge in [0.05, 0.1) is 12.2 Å². The lowest BCUT2D eigenvalue weighted by Gasteiger charge is -1.99. The summed E-state index contributed by atoms with van der Waals surface area (Å²) in [6.45, 7) is 0.215. The minimum absolute atomic E-state index is 0.202. The number of nitrogens with zero attached hydrogens (tertiary/aromatic N) is 3. The van der Waals surface area contributed by atoms with Gasteiger partial charge in [0.15, 0.2) is 0 Å². The first kappa shape index (κ1) is 12.2. The van der Waals surface area contributed by atoms with Crippen molar-refractivity contribution in [2.24, 2.45) is 0 Å². The molecule has 0 spiro atoms. The van der Waals surface area contributed by atoms with Crippen molar-refractivity contribution < 1.29 is 4.39 Å². The second-order valence-electron chi connectivity index (χ2n) is 4.30. The molecule has 0 unspecified atom stereocenters. The summed E-state index contributed by atoms with van der Waals surface area (Å²) in [5, 5.41) is 4.30. The first-order chi connectivity index (χ1) is 9.69. The van der Waals surface area contributed by atoms with Crippen molar-refractivity contribution >= 4 is 5.52 Å². The Morgan fingerprint density at radius 1 is 1.25 bits per heavy atom. The molecule has 0 aliphatic rings. The average molecular weight is 267 g/mol. The summed E-state index contributed by atoms with van der Waals surface area (Å²) in [7, 11) is 0. The summed E-state index contributed by atoms with van der Waals surface area (Å²) in [6.07, 6.45) is 8.48. The van der Waals surface area contributed by atoms with E-state index in [0.29, 0.717) is 11.2 Å². The molecule has 2 heterocycles. The first-order valence-corrected chi connectivity index (χ1v) is 5.97. The molecule has 1 aromatic carbocycles. The molecule has 98 valence electrons. The zero-order chi connectivity index (χ0) is 14.1. The topological polar surface area (TPSA) is 39.3 Å². The van der Waals surface area contributed by atoms with Crippen LogP contribution in [0.15, 0.2) is 47.5 Å². The third-order valence-corrected chi connectivity index (χ3v) is 3.01. The van der Waals surface area contributed by atoms with Crippen molar-refractivity contribution in [1.29, 1.82) is 0 Å². The van der Waals surface area contributed by atoms with Crippen LogP contribution in [0.2, 0.25) is 0 Å². The van der Waals surface area contributed by atoms with Gasteiger partial charge in [-0.1, -0.05) is 5.92 Å². The number of aromatic nitrogens is 3. The number of halogens is 1. The first-order valence-electron chi connectivity index (χ1n) is 5.97. The molecule has 0 atom stereocenters. The maximum Gasteiger partial charge on any atom is 0.277 e. The average Bonchev–Trinajstić information content (AvgIpc) is 2.88. The molecule has 5 heteroatoms. The van der Waals surface area contributed by atoms with E-state index in [1.807, 2.05) is 0 Å². The van der Waals surface area contributed by atoms with Crippen molar-refractivity contribution in [3.63, 3.8) is 0 Å². The van der Waals surface area contributed by atoms with E-state index in [4.69, 9.17) is 6.42 Å². The van der Waals surface area contributed by atoms with E-state index >= 15 is 0 Å². The van der Waals surface area contributed by atoms with Crippen LogP contribution in [0.5, 0.6) is 0 Å². The van der Waals surface area contributed by atoms with E-state index < -0.39 is 0 Å². The molecule has 0 bridgehead atoms. The molecule has 0 N–H and O–H groups in total. The highest BCUT2D eigenvalue weighted by molar-refractivity contribution is 5.65. The Bertz CT molecular complexity index is 869. The summed E-state index contributed by atoms with van der Waals surface area (Å²) < 4.78 is 15.8. The largest absolute Gasteiger partial charge is 0.301 e. The standard InChI is InChI=1S/C15H10FN3O/c1-2-7-18-8-9-19-14(15(18)20)10-13(17-19)11-3-5-12(16)6-4-11/h1,3-6,8-10H,7H2. The molecule has 0 aliphatic carbocycles. The Morgan fingerprint density at radius 3 is 2.70 bits per heavy atom. The van der Waals surface area contributed by atoms with Gasteiger partial charge in [-0.2, -0.15) is 5.10 Å². The fourth-order valence-electron chi connectivity index (χ4n) is 2.01. The van der Waals surface area contributed by atoms with Gasteiger partial charge in [0, 0.05) is 18.0 Å². The molecule has 3 rings (SSSR count). The van der Waals surface area contributed by atoms with Gasteiger partial charge >= 0.3 is 0 Å². The fraction of sp³-hybridized carbons (Fsp3) is 0.0667. The highest BCUT2D eigenvalue weighted by atomic mass is 19.1. The number of rotatable bonds is 2. The normalized spacial score (nSPS) is 10.6. The molecule has 0 saturated heterocycles. The molecule has 4 nitrogen and oxygen atoms in total. The van der Waals surface area contributed by atoms with Crippen LogP contribution < -0.4 is 5.56 Å². The maximum atomic E-state index is 12.9. The van der Waals surface area contributed by atoms with E-state index in [-0.39, 0.29) is 17.9 Å². The number of terminal acetylenes is 1. The maximum absolute atomic E-state index is 12.9. The lowest BCUT2D eigenvalue weighted by Crippen LogP contribution is -2.20. The molecule has 2 aromatic heterocycles. The number of fused-ring (bicyclic) bond motifs is 1. The van der Waals surface area contributed by atoms with Gasteiger partial charge in [-0.15, -0.1) is 6.42 Å². The molecular weight excluding hydrogens is 257 g/mol. The summed E-state index contributed by atoms with van der Waals surface area (Å²) in [5.41, 5.74) is 1.59. The van der Waals surface area contributed by atoms with Crippen LogP contribution in [-0.4, -0.2) is 14.2 Å². The Morgan fingerprint density at radius 2 is 2.00 bits per heavy atom. The highest BCUT2D eigenvalue weighted by Crippen LogP contribution is 2.18. The van der Waals surface area contributed by atoms with Gasteiger partial charge in [-0.3, -0.25) is 4.79 Å². The molecule has 20 heavy (non-hydrogen) atoms. The van der Waals surface area contributed by atoms with Crippen molar-refractivity contribution in [3.8, 4) is 23.6 Å². The Labute approximate surface area is 114 Å². The second kappa shape index (κ2) is 4.67. The molecule has 0 fully saturated rings. The lowest BCUT2D eigenvalue weighted by atomic mass is 10.1. The van der Waals surface area contributed by atoms with Gasteiger partial charge in [-0.25, -0.2) is 8.91 Å². The summed E-state index contributed by atoms with van der Waals surface area (Å²) >= 11 is 0. The molecular formula is C15H10FN3O. The minimum Gasteiger partial charge on any atom is -0.301 e. The van der Waals surface area contributed by atoms with Crippen molar-refractivity contribution in [2.45, 2.75) is 6.54 Å². The van der Waals surface area contributed by atoms with Crippen LogP contribution >= 0.6 is 0 Å². The van der Waals surface area contributed by atoms with Crippen molar-refractivity contribution in [1.82, 2.24) is 14.2 Å². The Hall–Kier alpha value is -2.87. The summed E-state index contributed by atoms with van der Waals surface area (Å²) in [4.78, 5) is 12.2. The monoisotopic (exact) mass is 267 g/mol. The predicted octanol–water partition coefficient (Wildman–Crippen LogP) is 1.94. The fourth-order valence-corrected chi connectivity index (χ4v) is 2.01. The smallest absolute Gasteiger partial charge is 0.277 e. The SMILES string of the molecule is C#CCn1ccn2nc(-c3ccc(F)cc3)cc2c1=O. The van der Waals surface area contributed by atoms with E-state index in [0.717, 1.165) is 5.56 Å². The third-order valence-electron chi connectivity index (χ3n) is 3.01. The highest BCUT2D eigenvalue weighted by Gasteiger charge is 2.08. The van der Waals surface area contributed by atoms with Crippen LogP contribution in [0, 0.1) is 18.2 Å². The van der Waals surface area contributed by atoms with Crippen LogP contribution in [-0.2, 0) is 6.54 Å². The quantitative estimate of drug-likeness (QED) is 0.666. The molecule has 0 aliphatic heterocycles. The third kappa shape index (κ3) is 1.97. The zero-order valence-electron chi connectivity index (χ0n) is 10.5. The number of benzene rings is 1. The van der Waals surface area contributed by atoms with E-state index in [9.17, 15) is 9.18 Å². The van der Waals surface area contributed by atoms with Crippen LogP contribution in [0.4, 0.5) is 4.39 Å². The summed E-state index contributed by atoms with van der Waals surface area (Å²) in [6, 6.07) is 7.63. The van der Waals surface area contributed by atoms with Gasteiger partial charge in [0.2, 0.25) is 0 Å². The Kier molecular flexibility index (Phi) is 2.84. The molecule has 3 aromatic rings. The van der Waals surface area contributed by atoms with Gasteiger partial charge in [0.25, 0.3) is 5.56 Å². The number of hydrogen-bond donors (Lipinski definition) is 0. The molecule has 0 saturated carbocycles. The van der Waals surface area contributed by atoms with Crippen LogP contribution in [0.1, 0.15) is 0 Å². The van der Waals surface area contributed by atoms with E-state index in [1.165, 1.54) is 21.2 Å². The summed E-state index contributed by atoms with van der Waals surface area (Å²) in [5.74, 6) is 2.11. The predicted molar refractivity (Wildman–Crippen MR) is 73.7 cm³/mol. The van der Waals surface area contributed by atoms with Gasteiger partial charge < -0.3 is 4.57 Å². The molecule has 0 amide bonds. The molecule has 0 radical (unpaired) electrons. The Balaban J connectivity index is 2.16. The second-order valence-corrected chi connectivity index (χ2v) is 4.30. The van der Waals surface area contributed by atoms with E-state index in [2.05, 4.69) is 11.0 Å². The zero-order valence-corrected chi connectivity index (χ0v) is 10.5. The van der Waals surface area contributed by atoms with Crippen molar-refractivity contribution in [2.75, 3.05) is 0 Å². The van der Waals surface area contributed by atoms with Crippen molar-refractivity contribution in [3.05, 3.63) is 58.9 Å². The minimum atomic E-state index is -0.311. The van der Waals surface area contributed by atoms with Crippen LogP contribution in [0.3, 0.4) is 0 Å². The number of hydrogen-bond acceptors (Lipinski definition) is 2. The van der Waals surface area contributed by atoms with E-state index in [1.54, 1.807) is 30.6 Å². The lowest BCUT2D eigenvalue weighted by molar-refractivity contribution is 0.628.